The highest BCUT2D eigenvalue weighted by Crippen LogP contribution is 2.27. The molecule has 1 aromatic carbocycles. The molecule has 0 aliphatic carbocycles. The number of hydrogen-bond donors (Lipinski definition) is 1. The van der Waals surface area contributed by atoms with Crippen molar-refractivity contribution in [2.24, 2.45) is 7.05 Å². The summed E-state index contributed by atoms with van der Waals surface area (Å²) in [6.07, 6.45) is 1.66. The highest BCUT2D eigenvalue weighted by Gasteiger charge is 2.06. The van der Waals surface area contributed by atoms with E-state index in [9.17, 15) is 0 Å². The largest absolute Gasteiger partial charge is 0.492 e. The van der Waals surface area contributed by atoms with Crippen LogP contribution in [0.15, 0.2) is 24.5 Å². The highest BCUT2D eigenvalue weighted by atomic mass is 16.5. The maximum absolute atomic E-state index is 5.79. The molecule has 1 heterocycles. The molecule has 0 atom stereocenters. The van der Waals surface area contributed by atoms with Crippen LogP contribution < -0.4 is 10.5 Å². The number of nitrogens with two attached hydrogens (primary N) is 1. The molecule has 2 rings (SSSR count). The Bertz CT molecular complexity index is 492. The van der Waals surface area contributed by atoms with Gasteiger partial charge in [0.15, 0.2) is 5.82 Å². The Labute approximate surface area is 93.9 Å². The van der Waals surface area contributed by atoms with Gasteiger partial charge < -0.3 is 10.5 Å². The monoisotopic (exact) mass is 218 g/mol. The maximum Gasteiger partial charge on any atom is 0.181 e. The van der Waals surface area contributed by atoms with Crippen molar-refractivity contribution in [2.45, 2.75) is 6.92 Å². The number of rotatable bonds is 3. The van der Waals surface area contributed by atoms with Crippen LogP contribution in [0.4, 0.5) is 5.69 Å². The number of aromatic nitrogens is 3. The molecule has 0 aliphatic heterocycles. The van der Waals surface area contributed by atoms with Gasteiger partial charge in [0.05, 0.1) is 12.3 Å². The first-order valence-electron chi connectivity index (χ1n) is 5.09. The van der Waals surface area contributed by atoms with Crippen LogP contribution in [0.1, 0.15) is 6.92 Å². The summed E-state index contributed by atoms with van der Waals surface area (Å²) < 4.78 is 7.08. The van der Waals surface area contributed by atoms with Gasteiger partial charge in [-0.1, -0.05) is 0 Å². The first-order valence-corrected chi connectivity index (χ1v) is 5.09. The van der Waals surface area contributed by atoms with Gasteiger partial charge in [-0.3, -0.25) is 4.68 Å². The van der Waals surface area contributed by atoms with Crippen molar-refractivity contribution in [1.82, 2.24) is 14.8 Å². The first kappa shape index (κ1) is 10.5. The van der Waals surface area contributed by atoms with E-state index in [0.29, 0.717) is 23.9 Å². The third-order valence-corrected chi connectivity index (χ3v) is 2.17. The Kier molecular flexibility index (Phi) is 2.76. The van der Waals surface area contributed by atoms with Crippen molar-refractivity contribution in [3.05, 3.63) is 24.5 Å². The van der Waals surface area contributed by atoms with Crippen LogP contribution in [0.2, 0.25) is 0 Å². The van der Waals surface area contributed by atoms with E-state index in [-0.39, 0.29) is 0 Å². The summed E-state index contributed by atoms with van der Waals surface area (Å²) in [5.41, 5.74) is 7.32. The molecule has 0 amide bonds. The minimum absolute atomic E-state index is 0.587. The zero-order chi connectivity index (χ0) is 11.5. The van der Waals surface area contributed by atoms with Crippen LogP contribution >= 0.6 is 0 Å². The van der Waals surface area contributed by atoms with E-state index in [1.165, 1.54) is 0 Å². The Hall–Kier alpha value is -2.04. The second kappa shape index (κ2) is 4.22. The fourth-order valence-electron chi connectivity index (χ4n) is 1.43. The molecule has 0 radical (unpaired) electrons. The minimum atomic E-state index is 0.587. The molecule has 0 unspecified atom stereocenters. The first-order chi connectivity index (χ1) is 7.70. The predicted molar refractivity (Wildman–Crippen MR) is 62.0 cm³/mol. The molecule has 16 heavy (non-hydrogen) atoms. The van der Waals surface area contributed by atoms with Gasteiger partial charge in [0, 0.05) is 12.6 Å². The number of aryl methyl sites for hydroxylation is 1. The lowest BCUT2D eigenvalue weighted by Crippen LogP contribution is -1.97. The normalized spacial score (nSPS) is 10.4. The lowest BCUT2D eigenvalue weighted by Gasteiger charge is -2.07. The van der Waals surface area contributed by atoms with Crippen LogP contribution in [0.25, 0.3) is 11.4 Å². The van der Waals surface area contributed by atoms with E-state index in [4.69, 9.17) is 10.5 Å². The van der Waals surface area contributed by atoms with Crippen LogP contribution in [0.5, 0.6) is 5.75 Å². The van der Waals surface area contributed by atoms with E-state index in [0.717, 1.165) is 5.56 Å². The Morgan fingerprint density at radius 3 is 2.88 bits per heavy atom. The third-order valence-electron chi connectivity index (χ3n) is 2.17. The van der Waals surface area contributed by atoms with Crippen LogP contribution in [0, 0.1) is 0 Å². The fourth-order valence-corrected chi connectivity index (χ4v) is 1.43. The van der Waals surface area contributed by atoms with Crippen molar-refractivity contribution in [1.29, 1.82) is 0 Å². The van der Waals surface area contributed by atoms with Gasteiger partial charge in [-0.05, 0) is 25.1 Å². The van der Waals surface area contributed by atoms with E-state index in [1.54, 1.807) is 17.1 Å². The van der Waals surface area contributed by atoms with Gasteiger partial charge in [0.1, 0.15) is 12.1 Å². The molecule has 84 valence electrons. The summed E-state index contributed by atoms with van der Waals surface area (Å²) >= 11 is 0. The summed E-state index contributed by atoms with van der Waals surface area (Å²) in [5, 5.41) is 4.22. The molecule has 2 aromatic rings. The average molecular weight is 218 g/mol. The van der Waals surface area contributed by atoms with E-state index in [1.807, 2.05) is 26.1 Å². The molecule has 2 N–H and O–H groups in total. The summed E-state index contributed by atoms with van der Waals surface area (Å²) in [5.74, 6) is 1.34. The Morgan fingerprint density at radius 1 is 1.44 bits per heavy atom. The second-order valence-electron chi connectivity index (χ2n) is 3.43. The van der Waals surface area contributed by atoms with Gasteiger partial charge >= 0.3 is 0 Å². The van der Waals surface area contributed by atoms with Crippen LogP contribution in [-0.2, 0) is 7.05 Å². The topological polar surface area (TPSA) is 66.0 Å². The minimum Gasteiger partial charge on any atom is -0.492 e. The van der Waals surface area contributed by atoms with Gasteiger partial charge in [-0.25, -0.2) is 4.98 Å². The van der Waals surface area contributed by atoms with Crippen LogP contribution in [-0.4, -0.2) is 21.4 Å². The summed E-state index contributed by atoms with van der Waals surface area (Å²) in [6.45, 7) is 2.51. The molecule has 5 nitrogen and oxygen atoms in total. The molecule has 0 aliphatic rings. The zero-order valence-electron chi connectivity index (χ0n) is 9.34. The molecule has 5 heteroatoms. The van der Waals surface area contributed by atoms with Crippen molar-refractivity contribution in [3.63, 3.8) is 0 Å². The predicted octanol–water partition coefficient (Wildman–Crippen LogP) is 1.46. The molecule has 1 aromatic heterocycles. The summed E-state index contributed by atoms with van der Waals surface area (Å²) in [6, 6.07) is 5.54. The molecule has 0 fully saturated rings. The number of benzene rings is 1. The smallest absolute Gasteiger partial charge is 0.181 e. The molecule has 0 spiro atoms. The fraction of sp³-hybridized carbons (Fsp3) is 0.273. The van der Waals surface area contributed by atoms with Crippen molar-refractivity contribution >= 4 is 5.69 Å². The summed E-state index contributed by atoms with van der Waals surface area (Å²) in [4.78, 5) is 4.17. The van der Waals surface area contributed by atoms with Crippen molar-refractivity contribution < 1.29 is 4.74 Å². The lowest BCUT2D eigenvalue weighted by atomic mass is 10.2. The SMILES string of the molecule is CCOc1cc(-c2ncn(C)n2)ccc1N. The van der Waals surface area contributed by atoms with Gasteiger partial charge in [0.2, 0.25) is 0 Å². The average Bonchev–Trinajstić information content (AvgIpc) is 2.69. The number of ether oxygens (including phenoxy) is 1. The summed E-state index contributed by atoms with van der Waals surface area (Å²) in [7, 11) is 1.83. The van der Waals surface area contributed by atoms with E-state index in [2.05, 4.69) is 10.1 Å². The van der Waals surface area contributed by atoms with Crippen molar-refractivity contribution in [3.8, 4) is 17.1 Å². The highest BCUT2D eigenvalue weighted by molar-refractivity contribution is 5.65. The third kappa shape index (κ3) is 1.98. The lowest BCUT2D eigenvalue weighted by molar-refractivity contribution is 0.342. The number of anilines is 1. The van der Waals surface area contributed by atoms with Crippen LogP contribution in [0.3, 0.4) is 0 Å². The van der Waals surface area contributed by atoms with Crippen molar-refractivity contribution in [2.75, 3.05) is 12.3 Å². The standard InChI is InChI=1S/C11H14N4O/c1-3-16-10-6-8(4-5-9(10)12)11-13-7-15(2)14-11/h4-7H,3,12H2,1-2H3. The molecular weight excluding hydrogens is 204 g/mol. The quantitative estimate of drug-likeness (QED) is 0.792. The second-order valence-corrected chi connectivity index (χ2v) is 3.43. The molecule has 0 saturated heterocycles. The number of nitrogen functional groups attached to an aromatic ring is 1. The molecule has 0 saturated carbocycles. The van der Waals surface area contributed by atoms with E-state index >= 15 is 0 Å². The van der Waals surface area contributed by atoms with Gasteiger partial charge in [-0.15, -0.1) is 0 Å². The van der Waals surface area contributed by atoms with E-state index < -0.39 is 0 Å². The van der Waals surface area contributed by atoms with Gasteiger partial charge in [-0.2, -0.15) is 5.10 Å². The Balaban J connectivity index is 2.39. The van der Waals surface area contributed by atoms with Gasteiger partial charge in [0.25, 0.3) is 0 Å². The maximum atomic E-state index is 5.79. The molecular formula is C11H14N4O. The molecule has 0 bridgehead atoms. The number of nitrogens with zero attached hydrogens (tertiary/aromatic N) is 3. The Morgan fingerprint density at radius 2 is 2.25 bits per heavy atom. The zero-order valence-corrected chi connectivity index (χ0v) is 9.34. The number of hydrogen-bond acceptors (Lipinski definition) is 4.